The van der Waals surface area contributed by atoms with Crippen molar-refractivity contribution in [3.63, 3.8) is 0 Å². The van der Waals surface area contributed by atoms with Gasteiger partial charge in [-0.25, -0.2) is 0 Å². The van der Waals surface area contributed by atoms with Crippen molar-refractivity contribution < 1.29 is 4.74 Å². The van der Waals surface area contributed by atoms with E-state index in [1.807, 2.05) is 42.7 Å². The molecule has 1 N–H and O–H groups in total. The van der Waals surface area contributed by atoms with E-state index in [1.54, 1.807) is 7.11 Å². The maximum atomic E-state index is 5.50. The van der Waals surface area contributed by atoms with E-state index in [2.05, 4.69) is 40.3 Å². The highest BCUT2D eigenvalue weighted by Crippen LogP contribution is 2.27. The molecule has 4 rings (SSSR count). The van der Waals surface area contributed by atoms with Gasteiger partial charge in [-0.2, -0.15) is 0 Å². The molecule has 0 radical (unpaired) electrons. The van der Waals surface area contributed by atoms with Crippen LogP contribution in [0.3, 0.4) is 0 Å². The molecule has 3 aromatic carbocycles. The minimum atomic E-state index is 0.827. The molecule has 0 aliphatic carbocycles. The lowest BCUT2D eigenvalue weighted by atomic mass is 10.0. The fourth-order valence-electron chi connectivity index (χ4n) is 2.84. The molecule has 0 amide bonds. The normalized spacial score (nSPS) is 11.5. The Hall–Kier alpha value is -3.07. The van der Waals surface area contributed by atoms with Crippen LogP contribution in [-0.2, 0) is 0 Å². The molecule has 0 saturated carbocycles. The summed E-state index contributed by atoms with van der Waals surface area (Å²) >= 11 is 0. The lowest BCUT2D eigenvalue weighted by molar-refractivity contribution is 0.415. The second-order valence-electron chi connectivity index (χ2n) is 5.41. The van der Waals surface area contributed by atoms with Crippen molar-refractivity contribution in [2.75, 3.05) is 7.11 Å². The number of aromatic amines is 1. The number of methoxy groups -OCH3 is 1. The van der Waals surface area contributed by atoms with Gasteiger partial charge >= 0.3 is 0 Å². The largest absolute Gasteiger partial charge is 0.496 e. The molecular weight excluding hydrogens is 284 g/mol. The number of nitrogens with zero attached hydrogens (tertiary/aromatic N) is 1. The topological polar surface area (TPSA) is 37.4 Å². The van der Waals surface area contributed by atoms with Gasteiger partial charge in [-0.05, 0) is 40.4 Å². The van der Waals surface area contributed by atoms with Crippen molar-refractivity contribution in [1.82, 2.24) is 4.98 Å². The first-order chi connectivity index (χ1) is 11.3. The van der Waals surface area contributed by atoms with Gasteiger partial charge in [0.05, 0.1) is 12.8 Å². The van der Waals surface area contributed by atoms with Gasteiger partial charge in [0.25, 0.3) is 0 Å². The van der Waals surface area contributed by atoms with E-state index in [4.69, 9.17) is 4.74 Å². The van der Waals surface area contributed by atoms with Gasteiger partial charge in [-0.1, -0.05) is 36.4 Å². The molecular formula is C20H16N2O. The Morgan fingerprint density at radius 1 is 0.957 bits per heavy atom. The van der Waals surface area contributed by atoms with Crippen LogP contribution >= 0.6 is 0 Å². The molecule has 0 fully saturated rings. The molecule has 1 aromatic heterocycles. The van der Waals surface area contributed by atoms with Crippen LogP contribution in [0, 0.1) is 0 Å². The second kappa shape index (κ2) is 5.61. The van der Waals surface area contributed by atoms with Gasteiger partial charge in [0.2, 0.25) is 0 Å². The monoisotopic (exact) mass is 300 g/mol. The van der Waals surface area contributed by atoms with Crippen LogP contribution < -0.4 is 4.74 Å². The first-order valence-electron chi connectivity index (χ1n) is 7.52. The number of rotatable bonds is 3. The Morgan fingerprint density at radius 2 is 1.83 bits per heavy atom. The van der Waals surface area contributed by atoms with Crippen LogP contribution in [0.1, 0.15) is 5.56 Å². The quantitative estimate of drug-likeness (QED) is 0.526. The second-order valence-corrected chi connectivity index (χ2v) is 5.41. The zero-order chi connectivity index (χ0) is 15.6. The first-order valence-corrected chi connectivity index (χ1v) is 7.52. The van der Waals surface area contributed by atoms with Gasteiger partial charge in [0.1, 0.15) is 5.75 Å². The molecule has 0 unspecified atom stereocenters. The van der Waals surface area contributed by atoms with Crippen molar-refractivity contribution >= 4 is 33.6 Å². The van der Waals surface area contributed by atoms with Crippen molar-refractivity contribution in [1.29, 1.82) is 0 Å². The molecule has 1 heterocycles. The minimum absolute atomic E-state index is 0.827. The van der Waals surface area contributed by atoms with E-state index in [1.165, 1.54) is 10.8 Å². The number of benzene rings is 3. The third kappa shape index (κ3) is 2.46. The predicted octanol–water partition coefficient (Wildman–Crippen LogP) is 5.08. The summed E-state index contributed by atoms with van der Waals surface area (Å²) < 4.78 is 5.50. The lowest BCUT2D eigenvalue weighted by Crippen LogP contribution is -1.92. The number of aliphatic imine (C=N–C) groups is 1. The van der Waals surface area contributed by atoms with E-state index in [9.17, 15) is 0 Å². The summed E-state index contributed by atoms with van der Waals surface area (Å²) in [4.78, 5) is 7.85. The Morgan fingerprint density at radius 3 is 2.74 bits per heavy atom. The fourth-order valence-corrected chi connectivity index (χ4v) is 2.84. The Labute approximate surface area is 134 Å². The SMILES string of the molecule is COc1ccc2ccccc2c1C=Nc1ccc2cc[nH]c2c1. The summed E-state index contributed by atoms with van der Waals surface area (Å²) in [5, 5.41) is 3.50. The molecule has 0 aliphatic heterocycles. The first kappa shape index (κ1) is 13.6. The van der Waals surface area contributed by atoms with Crippen LogP contribution in [0.5, 0.6) is 5.75 Å². The third-order valence-corrected chi connectivity index (χ3v) is 4.03. The Bertz CT molecular complexity index is 1010. The molecule has 0 saturated heterocycles. The van der Waals surface area contributed by atoms with Crippen LogP contribution in [0.25, 0.3) is 21.7 Å². The number of nitrogens with one attached hydrogen (secondary N) is 1. The van der Waals surface area contributed by atoms with Gasteiger partial charge in [0.15, 0.2) is 0 Å². The average Bonchev–Trinajstić information content (AvgIpc) is 3.07. The number of hydrogen-bond acceptors (Lipinski definition) is 2. The zero-order valence-electron chi connectivity index (χ0n) is 12.8. The molecule has 0 bridgehead atoms. The summed E-state index contributed by atoms with van der Waals surface area (Å²) in [5.74, 6) is 0.827. The van der Waals surface area contributed by atoms with E-state index in [0.717, 1.165) is 27.9 Å². The van der Waals surface area contributed by atoms with Crippen molar-refractivity contribution in [3.8, 4) is 5.75 Å². The van der Waals surface area contributed by atoms with E-state index in [-0.39, 0.29) is 0 Å². The highest BCUT2D eigenvalue weighted by atomic mass is 16.5. The number of hydrogen-bond donors (Lipinski definition) is 1. The van der Waals surface area contributed by atoms with E-state index in [0.29, 0.717) is 0 Å². The van der Waals surface area contributed by atoms with E-state index >= 15 is 0 Å². The lowest BCUT2D eigenvalue weighted by Gasteiger charge is -2.08. The van der Waals surface area contributed by atoms with E-state index < -0.39 is 0 Å². The summed E-state index contributed by atoms with van der Waals surface area (Å²) in [6.45, 7) is 0. The molecule has 23 heavy (non-hydrogen) atoms. The molecule has 4 aromatic rings. The summed E-state index contributed by atoms with van der Waals surface area (Å²) in [7, 11) is 1.69. The number of aromatic nitrogens is 1. The van der Waals surface area contributed by atoms with Crippen LogP contribution in [-0.4, -0.2) is 18.3 Å². The molecule has 0 aliphatic rings. The highest BCUT2D eigenvalue weighted by molar-refractivity contribution is 6.03. The van der Waals surface area contributed by atoms with Gasteiger partial charge in [-0.15, -0.1) is 0 Å². The van der Waals surface area contributed by atoms with Crippen molar-refractivity contribution in [2.45, 2.75) is 0 Å². The molecule has 3 nitrogen and oxygen atoms in total. The highest BCUT2D eigenvalue weighted by Gasteiger charge is 2.06. The summed E-state index contributed by atoms with van der Waals surface area (Å²) in [6.07, 6.45) is 3.82. The Balaban J connectivity index is 1.81. The maximum absolute atomic E-state index is 5.50. The van der Waals surface area contributed by atoms with Crippen LogP contribution in [0.4, 0.5) is 5.69 Å². The smallest absolute Gasteiger partial charge is 0.128 e. The van der Waals surface area contributed by atoms with Crippen LogP contribution in [0.2, 0.25) is 0 Å². The van der Waals surface area contributed by atoms with Gasteiger partial charge in [0, 0.05) is 23.5 Å². The van der Waals surface area contributed by atoms with Gasteiger partial charge < -0.3 is 9.72 Å². The minimum Gasteiger partial charge on any atom is -0.496 e. The summed E-state index contributed by atoms with van der Waals surface area (Å²) in [6, 6.07) is 20.5. The number of ether oxygens (including phenoxy) is 1. The summed E-state index contributed by atoms with van der Waals surface area (Å²) in [5.41, 5.74) is 3.00. The molecule has 0 atom stereocenters. The third-order valence-electron chi connectivity index (χ3n) is 4.03. The molecule has 0 spiro atoms. The number of H-pyrrole nitrogens is 1. The Kier molecular flexibility index (Phi) is 3.31. The zero-order valence-corrected chi connectivity index (χ0v) is 12.8. The number of fused-ring (bicyclic) bond motifs is 2. The maximum Gasteiger partial charge on any atom is 0.128 e. The fraction of sp³-hybridized carbons (Fsp3) is 0.0500. The standard InChI is InChI=1S/C20H16N2O/c1-23-20-9-7-14-4-2-3-5-17(14)18(20)13-22-16-8-6-15-10-11-21-19(15)12-16/h2-13,21H,1H3. The van der Waals surface area contributed by atoms with Crippen molar-refractivity contribution in [2.24, 2.45) is 4.99 Å². The predicted molar refractivity (Wildman–Crippen MR) is 96.1 cm³/mol. The van der Waals surface area contributed by atoms with Crippen molar-refractivity contribution in [3.05, 3.63) is 72.4 Å². The van der Waals surface area contributed by atoms with Crippen LogP contribution in [0.15, 0.2) is 71.9 Å². The van der Waals surface area contributed by atoms with Gasteiger partial charge in [-0.3, -0.25) is 4.99 Å². The molecule has 3 heteroatoms. The molecule has 112 valence electrons. The average molecular weight is 300 g/mol.